The molecule has 0 bridgehead atoms. The van der Waals surface area contributed by atoms with Crippen molar-refractivity contribution in [2.75, 3.05) is 13.2 Å². The SMILES string of the molecule is CC/C=C\CC1OC1C/C=C\C/C=C\C/C=C\C/C=C\CCC(=O)OC[C@H](O)COC(=O)CCCCCCCCCCCCCCC(C)C. The van der Waals surface area contributed by atoms with Crippen LogP contribution >= 0.6 is 0 Å². The van der Waals surface area contributed by atoms with Crippen molar-refractivity contribution in [3.63, 3.8) is 0 Å². The van der Waals surface area contributed by atoms with Crippen LogP contribution in [0.3, 0.4) is 0 Å². The highest BCUT2D eigenvalue weighted by molar-refractivity contribution is 5.70. The number of epoxide rings is 1. The maximum atomic E-state index is 12.0. The van der Waals surface area contributed by atoms with E-state index in [2.05, 4.69) is 69.4 Å². The Hall–Kier alpha value is -2.44. The summed E-state index contributed by atoms with van der Waals surface area (Å²) in [4.78, 5) is 23.9. The number of hydrogen-bond donors (Lipinski definition) is 1. The molecule has 0 aromatic heterocycles. The Labute approximate surface area is 300 Å². The summed E-state index contributed by atoms with van der Waals surface area (Å²) in [6.07, 6.45) is 44.7. The third-order valence-electron chi connectivity index (χ3n) is 8.61. The Kier molecular flexibility index (Phi) is 29.8. The van der Waals surface area contributed by atoms with Gasteiger partial charge in [-0.15, -0.1) is 0 Å². The molecule has 1 aliphatic heterocycles. The van der Waals surface area contributed by atoms with Gasteiger partial charge in [0.2, 0.25) is 0 Å². The van der Waals surface area contributed by atoms with Gasteiger partial charge in [0.25, 0.3) is 0 Å². The number of hydrogen-bond acceptors (Lipinski definition) is 6. The van der Waals surface area contributed by atoms with Crippen LogP contribution in [0.2, 0.25) is 0 Å². The van der Waals surface area contributed by atoms with E-state index >= 15 is 0 Å². The predicted molar refractivity (Wildman–Crippen MR) is 204 cm³/mol. The van der Waals surface area contributed by atoms with Gasteiger partial charge in [-0.3, -0.25) is 9.59 Å². The maximum absolute atomic E-state index is 12.0. The van der Waals surface area contributed by atoms with Crippen molar-refractivity contribution < 1.29 is 28.9 Å². The standard InChI is InChI=1S/C43H72O6/c1-4-5-26-32-40-41(49-40)33-28-23-19-15-11-7-9-13-17-21-25-30-35-43(46)48-37-39(44)36-47-42(45)34-29-24-20-16-12-8-6-10-14-18-22-27-31-38(2)3/h5,9,11,13,15,21,23,25-26,28,38-41,44H,4,6-8,10,12,14,16-20,22,24,27,29-37H2,1-3H3/b13-9-,15-11-,25-21-,26-5-,28-23-/t39-,40?,41?/m1/s1. The number of aliphatic hydroxyl groups is 1. The van der Waals surface area contributed by atoms with Crippen LogP contribution in [0.15, 0.2) is 60.8 Å². The molecular weight excluding hydrogens is 612 g/mol. The number of carbonyl (C=O) groups is 2. The van der Waals surface area contributed by atoms with Crippen LogP contribution in [0.4, 0.5) is 0 Å². The van der Waals surface area contributed by atoms with Gasteiger partial charge in [-0.2, -0.15) is 0 Å². The van der Waals surface area contributed by atoms with E-state index in [4.69, 9.17) is 14.2 Å². The molecule has 1 saturated heterocycles. The largest absolute Gasteiger partial charge is 0.463 e. The molecule has 1 fully saturated rings. The van der Waals surface area contributed by atoms with Crippen LogP contribution in [-0.2, 0) is 23.8 Å². The number of rotatable bonds is 33. The fourth-order valence-electron chi connectivity index (χ4n) is 5.51. The molecule has 280 valence electrons. The molecule has 0 aliphatic carbocycles. The molecule has 1 aliphatic rings. The number of unbranched alkanes of at least 4 members (excludes halogenated alkanes) is 11. The van der Waals surface area contributed by atoms with E-state index in [1.165, 1.54) is 64.2 Å². The lowest BCUT2D eigenvalue weighted by Gasteiger charge is -2.12. The lowest BCUT2D eigenvalue weighted by atomic mass is 10.0. The number of ether oxygens (including phenoxy) is 3. The van der Waals surface area contributed by atoms with Gasteiger partial charge in [-0.1, -0.05) is 159 Å². The zero-order valence-electron chi connectivity index (χ0n) is 31.5. The molecule has 0 aromatic carbocycles. The van der Waals surface area contributed by atoms with Gasteiger partial charge in [0, 0.05) is 12.8 Å². The van der Waals surface area contributed by atoms with Gasteiger partial charge in [0.1, 0.15) is 19.3 Å². The Morgan fingerprint density at radius 3 is 1.53 bits per heavy atom. The first-order chi connectivity index (χ1) is 23.9. The minimum atomic E-state index is -0.998. The number of esters is 2. The summed E-state index contributed by atoms with van der Waals surface area (Å²) in [6.45, 7) is 6.45. The molecule has 49 heavy (non-hydrogen) atoms. The van der Waals surface area contributed by atoms with Crippen molar-refractivity contribution in [1.82, 2.24) is 0 Å². The second-order valence-electron chi connectivity index (χ2n) is 13.9. The Bertz CT molecular complexity index is 946. The van der Waals surface area contributed by atoms with E-state index in [9.17, 15) is 14.7 Å². The van der Waals surface area contributed by atoms with E-state index < -0.39 is 6.10 Å². The predicted octanol–water partition coefficient (Wildman–Crippen LogP) is 11.2. The van der Waals surface area contributed by atoms with Crippen molar-refractivity contribution in [2.45, 2.75) is 180 Å². The van der Waals surface area contributed by atoms with Gasteiger partial charge in [0.15, 0.2) is 0 Å². The lowest BCUT2D eigenvalue weighted by molar-refractivity contribution is -0.152. The third-order valence-corrected chi connectivity index (χ3v) is 8.61. The van der Waals surface area contributed by atoms with E-state index in [1.54, 1.807) is 0 Å². The molecule has 0 amide bonds. The van der Waals surface area contributed by atoms with Crippen LogP contribution in [0.25, 0.3) is 0 Å². The highest BCUT2D eigenvalue weighted by atomic mass is 16.6. The number of carbonyl (C=O) groups excluding carboxylic acids is 2. The minimum absolute atomic E-state index is 0.143. The summed E-state index contributed by atoms with van der Waals surface area (Å²) in [5.41, 5.74) is 0. The first-order valence-electron chi connectivity index (χ1n) is 19.8. The van der Waals surface area contributed by atoms with Crippen LogP contribution in [-0.4, -0.2) is 48.6 Å². The fourth-order valence-corrected chi connectivity index (χ4v) is 5.51. The molecule has 0 spiro atoms. The van der Waals surface area contributed by atoms with Gasteiger partial charge in [-0.05, 0) is 57.3 Å². The van der Waals surface area contributed by atoms with E-state index in [1.807, 2.05) is 12.2 Å². The summed E-state index contributed by atoms with van der Waals surface area (Å²) in [6, 6.07) is 0. The van der Waals surface area contributed by atoms with Crippen molar-refractivity contribution in [3.8, 4) is 0 Å². The van der Waals surface area contributed by atoms with Gasteiger partial charge in [-0.25, -0.2) is 0 Å². The average molecular weight is 685 g/mol. The number of aliphatic hydroxyl groups excluding tert-OH is 1. The molecule has 1 N–H and O–H groups in total. The van der Waals surface area contributed by atoms with Crippen molar-refractivity contribution >= 4 is 11.9 Å². The lowest BCUT2D eigenvalue weighted by Crippen LogP contribution is -2.25. The summed E-state index contributed by atoms with van der Waals surface area (Å²) in [7, 11) is 0. The van der Waals surface area contributed by atoms with Crippen molar-refractivity contribution in [3.05, 3.63) is 60.8 Å². The second kappa shape index (κ2) is 32.7. The first-order valence-corrected chi connectivity index (χ1v) is 19.8. The highest BCUT2D eigenvalue weighted by Crippen LogP contribution is 2.29. The Morgan fingerprint density at radius 2 is 1.02 bits per heavy atom. The van der Waals surface area contributed by atoms with E-state index in [0.29, 0.717) is 25.0 Å². The number of allylic oxidation sites excluding steroid dienone is 8. The molecule has 0 aromatic rings. The van der Waals surface area contributed by atoms with Gasteiger partial charge < -0.3 is 19.3 Å². The fraction of sp³-hybridized carbons (Fsp3) is 0.721. The zero-order chi connectivity index (χ0) is 35.6. The van der Waals surface area contributed by atoms with Crippen LogP contribution in [0.1, 0.15) is 162 Å². The molecular formula is C43H72O6. The smallest absolute Gasteiger partial charge is 0.306 e. The van der Waals surface area contributed by atoms with Crippen molar-refractivity contribution in [1.29, 1.82) is 0 Å². The van der Waals surface area contributed by atoms with Crippen molar-refractivity contribution in [2.24, 2.45) is 5.92 Å². The van der Waals surface area contributed by atoms with E-state index in [0.717, 1.165) is 63.7 Å². The van der Waals surface area contributed by atoms with Crippen LogP contribution in [0.5, 0.6) is 0 Å². The quantitative estimate of drug-likeness (QED) is 0.0320. The summed E-state index contributed by atoms with van der Waals surface area (Å²) in [5, 5.41) is 10.0. The maximum Gasteiger partial charge on any atom is 0.306 e. The minimum Gasteiger partial charge on any atom is -0.463 e. The topological polar surface area (TPSA) is 85.4 Å². The van der Waals surface area contributed by atoms with Gasteiger partial charge in [0.05, 0.1) is 12.2 Å². The molecule has 0 saturated carbocycles. The molecule has 3 atom stereocenters. The molecule has 2 unspecified atom stereocenters. The Balaban J connectivity index is 1.87. The summed E-state index contributed by atoms with van der Waals surface area (Å²) in [5.74, 6) is 0.170. The molecule has 6 heteroatoms. The Morgan fingerprint density at radius 1 is 0.592 bits per heavy atom. The summed E-state index contributed by atoms with van der Waals surface area (Å²) < 4.78 is 15.9. The second-order valence-corrected chi connectivity index (χ2v) is 13.9. The third kappa shape index (κ3) is 31.3. The van der Waals surface area contributed by atoms with E-state index in [-0.39, 0.29) is 31.6 Å². The van der Waals surface area contributed by atoms with Crippen LogP contribution in [0, 0.1) is 5.92 Å². The summed E-state index contributed by atoms with van der Waals surface area (Å²) >= 11 is 0. The molecule has 1 heterocycles. The molecule has 0 radical (unpaired) electrons. The normalized spacial score (nSPS) is 17.1. The van der Waals surface area contributed by atoms with Crippen LogP contribution < -0.4 is 0 Å². The average Bonchev–Trinajstić information content (AvgIpc) is 3.84. The monoisotopic (exact) mass is 685 g/mol. The molecule has 6 nitrogen and oxygen atoms in total. The first kappa shape index (κ1) is 44.6. The highest BCUT2D eigenvalue weighted by Gasteiger charge is 2.35. The van der Waals surface area contributed by atoms with Gasteiger partial charge >= 0.3 is 11.9 Å². The zero-order valence-corrected chi connectivity index (χ0v) is 31.5. The molecule has 1 rings (SSSR count).